The largest absolute Gasteiger partial charge is 0.381 e. The normalized spacial score (nSPS) is 32.9. The SMILES string of the molecule is CN=P(N=P(N=P(C)(OC1CCCCC1)OC1CCCCC1)(OC1CCCCC1)OC1CCC(OC)CC1)(OC1CCC(OC)CC1)OC1CCC(OC)CC1. The fourth-order valence-electron chi connectivity index (χ4n) is 9.71. The molecule has 1 unspecified atom stereocenters. The first-order valence-corrected chi connectivity index (χ1v) is 27.8. The zero-order valence-corrected chi connectivity index (χ0v) is 38.3. The Labute approximate surface area is 340 Å². The minimum atomic E-state index is -3.56. The van der Waals surface area contributed by atoms with E-state index in [4.69, 9.17) is 55.1 Å². The minimum Gasteiger partial charge on any atom is -0.381 e. The van der Waals surface area contributed by atoms with Crippen LogP contribution in [-0.4, -0.2) is 90.0 Å². The van der Waals surface area contributed by atoms with Crippen LogP contribution in [0.15, 0.2) is 13.8 Å². The topological polar surface area (TPSA) is 120 Å². The van der Waals surface area contributed by atoms with Gasteiger partial charge in [0.05, 0.1) is 54.9 Å². The zero-order valence-electron chi connectivity index (χ0n) is 35.6. The van der Waals surface area contributed by atoms with Crippen LogP contribution in [0.1, 0.15) is 173 Å². The maximum Gasteiger partial charge on any atom is 0.348 e. The molecule has 0 saturated heterocycles. The highest BCUT2D eigenvalue weighted by molar-refractivity contribution is 7.72. The average Bonchev–Trinajstić information content (AvgIpc) is 3.22. The first kappa shape index (κ1) is 45.8. The summed E-state index contributed by atoms with van der Waals surface area (Å²) in [6.07, 6.45) is 27.9. The number of methoxy groups -OCH3 is 3. The van der Waals surface area contributed by atoms with Crippen LogP contribution in [0.3, 0.4) is 0 Å². The van der Waals surface area contributed by atoms with Gasteiger partial charge in [0.15, 0.2) is 0 Å². The molecule has 326 valence electrons. The second-order valence-corrected chi connectivity index (χ2v) is 24.1. The van der Waals surface area contributed by atoms with Crippen LogP contribution in [0.5, 0.6) is 0 Å². The molecule has 0 aromatic rings. The van der Waals surface area contributed by atoms with E-state index in [1.165, 1.54) is 19.3 Å². The molecule has 6 saturated carbocycles. The second kappa shape index (κ2) is 23.0. The van der Waals surface area contributed by atoms with E-state index in [1.807, 2.05) is 28.4 Å². The summed E-state index contributed by atoms with van der Waals surface area (Å²) in [5.41, 5.74) is 0. The summed E-state index contributed by atoms with van der Waals surface area (Å²) in [5.74, 6) is 0. The summed E-state index contributed by atoms with van der Waals surface area (Å²) < 4.78 is 78.0. The van der Waals surface area contributed by atoms with Crippen LogP contribution in [0.4, 0.5) is 0 Å². The Hall–Kier alpha value is 0.330. The second-order valence-electron chi connectivity index (χ2n) is 17.5. The Balaban J connectivity index is 1.49. The average molecular weight is 850 g/mol. The van der Waals surface area contributed by atoms with Crippen molar-refractivity contribution in [3.63, 3.8) is 0 Å². The minimum absolute atomic E-state index is 0.0363. The van der Waals surface area contributed by atoms with Crippen molar-refractivity contribution in [2.24, 2.45) is 13.8 Å². The van der Waals surface area contributed by atoms with Crippen molar-refractivity contribution < 1.29 is 41.4 Å². The lowest BCUT2D eigenvalue weighted by Crippen LogP contribution is -2.28. The molecule has 6 aliphatic carbocycles. The summed E-state index contributed by atoms with van der Waals surface area (Å²) in [7, 11) is -2.61. The summed E-state index contributed by atoms with van der Waals surface area (Å²) >= 11 is 0. The van der Waals surface area contributed by atoms with Crippen molar-refractivity contribution in [3.8, 4) is 0 Å². The van der Waals surface area contributed by atoms with E-state index < -0.39 is 22.8 Å². The molecule has 6 fully saturated rings. The standard InChI is InChI=1S/C41H78N3O9P3/c1-42-55(50-39-27-21-33(45-2)22-28-39,51-40-29-23-34(46-3)24-30-40)44-56(52-38-19-13-8-14-20-38,53-41-31-25-35(47-4)26-32-41)43-54(5,48-36-15-9-6-10-16-36)49-37-17-11-7-12-18-37/h33-41H,6-32H2,1-5H3. The van der Waals surface area contributed by atoms with Crippen molar-refractivity contribution in [2.75, 3.05) is 35.0 Å². The molecular weight excluding hydrogens is 771 g/mol. The van der Waals surface area contributed by atoms with E-state index in [9.17, 15) is 0 Å². The Morgan fingerprint density at radius 3 is 0.893 bits per heavy atom. The van der Waals surface area contributed by atoms with Crippen LogP contribution in [0, 0.1) is 0 Å². The molecule has 15 heteroatoms. The molecule has 1 atom stereocenters. The summed E-state index contributed by atoms with van der Waals surface area (Å²) in [4.78, 5) is 0. The van der Waals surface area contributed by atoms with Crippen molar-refractivity contribution in [1.82, 2.24) is 0 Å². The van der Waals surface area contributed by atoms with Gasteiger partial charge in [-0.25, -0.2) is 4.74 Å². The quantitative estimate of drug-likeness (QED) is 0.132. The summed E-state index contributed by atoms with van der Waals surface area (Å²) in [5, 5.41) is 0. The molecule has 0 aromatic heterocycles. The number of hydrogen-bond donors (Lipinski definition) is 0. The van der Waals surface area contributed by atoms with Gasteiger partial charge >= 0.3 is 15.3 Å². The first-order chi connectivity index (χ1) is 27.2. The zero-order chi connectivity index (χ0) is 39.3. The van der Waals surface area contributed by atoms with Gasteiger partial charge < -0.3 is 41.4 Å². The molecule has 0 spiro atoms. The Bertz CT molecular complexity index is 1260. The fourth-order valence-corrected chi connectivity index (χ4v) is 18.9. The van der Waals surface area contributed by atoms with Gasteiger partial charge in [-0.05, 0) is 116 Å². The Morgan fingerprint density at radius 2 is 0.589 bits per heavy atom. The van der Waals surface area contributed by atoms with Gasteiger partial charge in [-0.2, -0.15) is 4.52 Å². The molecule has 0 aromatic carbocycles. The lowest BCUT2D eigenvalue weighted by Gasteiger charge is -2.39. The van der Waals surface area contributed by atoms with Crippen LogP contribution in [-0.2, 0) is 41.4 Å². The van der Waals surface area contributed by atoms with Crippen LogP contribution < -0.4 is 0 Å². The van der Waals surface area contributed by atoms with E-state index in [-0.39, 0.29) is 54.9 Å². The molecule has 0 bridgehead atoms. The third-order valence-electron chi connectivity index (χ3n) is 13.1. The number of hydrogen-bond acceptors (Lipinski definition) is 10. The van der Waals surface area contributed by atoms with Crippen molar-refractivity contribution >= 4 is 22.8 Å². The van der Waals surface area contributed by atoms with Gasteiger partial charge in [-0.1, -0.05) is 57.8 Å². The third kappa shape index (κ3) is 13.9. The molecule has 6 rings (SSSR count). The Morgan fingerprint density at radius 1 is 0.321 bits per heavy atom. The lowest BCUT2D eigenvalue weighted by atomic mass is 9.95. The van der Waals surface area contributed by atoms with E-state index in [0.717, 1.165) is 154 Å². The molecule has 0 heterocycles. The lowest BCUT2D eigenvalue weighted by molar-refractivity contribution is 0.0135. The smallest absolute Gasteiger partial charge is 0.348 e. The van der Waals surface area contributed by atoms with Gasteiger partial charge in [-0.15, -0.1) is 4.52 Å². The molecule has 6 aliphatic rings. The number of ether oxygens (including phenoxy) is 3. The number of rotatable bonds is 17. The molecular formula is C41H78N3O9P3. The third-order valence-corrected chi connectivity index (χ3v) is 21.3. The highest BCUT2D eigenvalue weighted by Crippen LogP contribution is 2.74. The molecule has 12 nitrogen and oxygen atoms in total. The van der Waals surface area contributed by atoms with Gasteiger partial charge in [-0.3, -0.25) is 0 Å². The van der Waals surface area contributed by atoms with Gasteiger partial charge in [0.1, 0.15) is 0 Å². The molecule has 56 heavy (non-hydrogen) atoms. The van der Waals surface area contributed by atoms with Crippen LogP contribution >= 0.6 is 22.8 Å². The van der Waals surface area contributed by atoms with Crippen LogP contribution in [0.2, 0.25) is 0 Å². The van der Waals surface area contributed by atoms with Crippen molar-refractivity contribution in [3.05, 3.63) is 0 Å². The van der Waals surface area contributed by atoms with Gasteiger partial charge in [0.2, 0.25) is 7.51 Å². The molecule has 0 radical (unpaired) electrons. The first-order valence-electron chi connectivity index (χ1n) is 22.7. The summed E-state index contributed by atoms with van der Waals surface area (Å²) in [6.45, 7) is 2.12. The fraction of sp³-hybridized carbons (Fsp3) is 1.00. The van der Waals surface area contributed by atoms with E-state index >= 15 is 0 Å². The predicted octanol–water partition coefficient (Wildman–Crippen LogP) is 13.1. The molecule has 0 aliphatic heterocycles. The molecule has 0 N–H and O–H groups in total. The van der Waals surface area contributed by atoms with E-state index in [1.54, 1.807) is 0 Å². The van der Waals surface area contributed by atoms with Gasteiger partial charge in [0, 0.05) is 35.0 Å². The maximum atomic E-state index is 7.49. The van der Waals surface area contributed by atoms with Crippen molar-refractivity contribution in [1.29, 1.82) is 0 Å². The van der Waals surface area contributed by atoms with Crippen molar-refractivity contribution in [2.45, 2.75) is 228 Å². The van der Waals surface area contributed by atoms with Crippen LogP contribution in [0.25, 0.3) is 0 Å². The number of nitrogens with zero attached hydrogens (tertiary/aromatic N) is 3. The van der Waals surface area contributed by atoms with E-state index in [0.29, 0.717) is 0 Å². The maximum absolute atomic E-state index is 7.49. The predicted molar refractivity (Wildman–Crippen MR) is 226 cm³/mol. The highest BCUT2D eigenvalue weighted by atomic mass is 31.3. The summed E-state index contributed by atoms with van der Waals surface area (Å²) in [6, 6.07) is 0. The monoisotopic (exact) mass is 849 g/mol. The highest BCUT2D eigenvalue weighted by Gasteiger charge is 2.43. The van der Waals surface area contributed by atoms with E-state index in [2.05, 4.69) is 6.66 Å². The van der Waals surface area contributed by atoms with Gasteiger partial charge in [0.25, 0.3) is 0 Å². The molecule has 0 amide bonds. The Kier molecular flexibility index (Phi) is 18.8.